The summed E-state index contributed by atoms with van der Waals surface area (Å²) in [6.45, 7) is 7.18. The lowest BCUT2D eigenvalue weighted by atomic mass is 10.1. The summed E-state index contributed by atoms with van der Waals surface area (Å²) in [7, 11) is 3.11. The zero-order valence-electron chi connectivity index (χ0n) is 20.2. The van der Waals surface area contributed by atoms with E-state index in [-0.39, 0.29) is 5.91 Å². The number of carbonyl (C=O) groups is 1. The van der Waals surface area contributed by atoms with E-state index in [1.807, 2.05) is 10.9 Å². The molecule has 0 unspecified atom stereocenters. The Morgan fingerprint density at radius 2 is 1.94 bits per heavy atom. The van der Waals surface area contributed by atoms with E-state index in [4.69, 9.17) is 19.4 Å². The van der Waals surface area contributed by atoms with Crippen molar-refractivity contribution in [3.05, 3.63) is 30.0 Å². The minimum atomic E-state index is -0.212. The van der Waals surface area contributed by atoms with Crippen molar-refractivity contribution in [1.82, 2.24) is 25.1 Å². The zero-order valence-corrected chi connectivity index (χ0v) is 21.0. The number of nitrogens with zero attached hydrogens (tertiary/aromatic N) is 5. The Morgan fingerprint density at radius 1 is 1.15 bits per heavy atom. The van der Waals surface area contributed by atoms with Crippen molar-refractivity contribution in [2.45, 2.75) is 50.1 Å². The number of fused-ring (bicyclic) bond motifs is 1. The molecule has 2 aromatic heterocycles. The average molecular weight is 485 g/mol. The number of rotatable bonds is 9. The highest BCUT2D eigenvalue weighted by atomic mass is 32.2. The summed E-state index contributed by atoms with van der Waals surface area (Å²) >= 11 is 1.65. The monoisotopic (exact) mass is 484 g/mol. The lowest BCUT2D eigenvalue weighted by molar-refractivity contribution is 0.0949. The van der Waals surface area contributed by atoms with Crippen molar-refractivity contribution in [1.29, 1.82) is 0 Å². The third kappa shape index (κ3) is 5.38. The van der Waals surface area contributed by atoms with Crippen LogP contribution in [0.3, 0.4) is 0 Å². The van der Waals surface area contributed by atoms with Crippen LogP contribution in [0.25, 0.3) is 11.0 Å². The number of piperidine rings is 1. The summed E-state index contributed by atoms with van der Waals surface area (Å²) in [5, 5.41) is 9.64. The molecule has 9 nitrogen and oxygen atoms in total. The van der Waals surface area contributed by atoms with Crippen LogP contribution in [0, 0.1) is 0 Å². The average Bonchev–Trinajstić information content (AvgIpc) is 3.26. The summed E-state index contributed by atoms with van der Waals surface area (Å²) in [4.78, 5) is 24.8. The fourth-order valence-corrected chi connectivity index (χ4v) is 4.75. The van der Waals surface area contributed by atoms with Gasteiger partial charge < -0.3 is 19.7 Å². The fraction of sp³-hybridized carbons (Fsp3) is 0.500. The summed E-state index contributed by atoms with van der Waals surface area (Å²) in [5.41, 5.74) is 1.26. The number of thioether (sulfide) groups is 1. The van der Waals surface area contributed by atoms with Gasteiger partial charge in [-0.05, 0) is 31.4 Å². The fourth-order valence-electron chi connectivity index (χ4n) is 4.05. The van der Waals surface area contributed by atoms with Crippen molar-refractivity contribution in [2.75, 3.05) is 38.8 Å². The molecule has 0 spiro atoms. The first-order valence-corrected chi connectivity index (χ1v) is 12.5. The van der Waals surface area contributed by atoms with Crippen LogP contribution in [-0.2, 0) is 6.54 Å². The van der Waals surface area contributed by atoms with E-state index in [1.54, 1.807) is 37.1 Å². The highest BCUT2D eigenvalue weighted by molar-refractivity contribution is 7.99. The molecule has 3 heterocycles. The molecule has 34 heavy (non-hydrogen) atoms. The molecule has 10 heteroatoms. The van der Waals surface area contributed by atoms with Crippen molar-refractivity contribution >= 4 is 34.5 Å². The molecule has 1 aromatic carbocycles. The first-order chi connectivity index (χ1) is 16.5. The molecule has 0 atom stereocenters. The summed E-state index contributed by atoms with van der Waals surface area (Å²) in [6.07, 6.45) is 5.45. The topological polar surface area (TPSA) is 94.4 Å². The van der Waals surface area contributed by atoms with Crippen LogP contribution in [0.2, 0.25) is 0 Å². The second kappa shape index (κ2) is 10.9. The molecule has 0 bridgehead atoms. The van der Waals surface area contributed by atoms with E-state index in [9.17, 15) is 4.79 Å². The molecule has 1 saturated heterocycles. The highest BCUT2D eigenvalue weighted by Crippen LogP contribution is 2.30. The number of hydrogen-bond donors (Lipinski definition) is 1. The number of amides is 1. The van der Waals surface area contributed by atoms with E-state index in [0.717, 1.165) is 35.1 Å². The molecule has 1 aliphatic rings. The number of anilines is 1. The molecular weight excluding hydrogens is 452 g/mol. The maximum absolute atomic E-state index is 12.8. The predicted octanol–water partition coefficient (Wildman–Crippen LogP) is 3.76. The Kier molecular flexibility index (Phi) is 7.77. The molecule has 0 aliphatic carbocycles. The number of methoxy groups -OCH3 is 2. The van der Waals surface area contributed by atoms with Gasteiger partial charge in [0, 0.05) is 31.0 Å². The van der Waals surface area contributed by atoms with Crippen LogP contribution in [0.15, 0.2) is 29.6 Å². The van der Waals surface area contributed by atoms with Crippen LogP contribution in [0.5, 0.6) is 11.5 Å². The van der Waals surface area contributed by atoms with Crippen molar-refractivity contribution in [2.24, 2.45) is 0 Å². The molecule has 4 rings (SSSR count). The van der Waals surface area contributed by atoms with E-state index in [0.29, 0.717) is 35.4 Å². The molecule has 0 radical (unpaired) electrons. The minimum Gasteiger partial charge on any atom is -0.497 e. The summed E-state index contributed by atoms with van der Waals surface area (Å²) < 4.78 is 12.4. The van der Waals surface area contributed by atoms with Gasteiger partial charge in [0.25, 0.3) is 5.91 Å². The van der Waals surface area contributed by atoms with Crippen LogP contribution in [-0.4, -0.2) is 64.8 Å². The quantitative estimate of drug-likeness (QED) is 0.362. The number of benzene rings is 1. The number of carbonyl (C=O) groups excluding carboxylic acids is 1. The van der Waals surface area contributed by atoms with Crippen LogP contribution < -0.4 is 19.7 Å². The summed E-state index contributed by atoms with van der Waals surface area (Å²) in [5.74, 6) is 1.85. The highest BCUT2D eigenvalue weighted by Gasteiger charge is 2.21. The van der Waals surface area contributed by atoms with Gasteiger partial charge >= 0.3 is 0 Å². The maximum atomic E-state index is 12.8. The standard InChI is InChI=1S/C24H32N6O3S/c1-16(2)34-24-27-21(29-11-6-5-7-12-29)19-15-26-30(22(19)28-24)13-10-25-23(31)18-9-8-17(32-3)14-20(18)33-4/h8-9,14-16H,5-7,10-13H2,1-4H3,(H,25,31). The van der Waals surface area contributed by atoms with Crippen LogP contribution in [0.4, 0.5) is 5.82 Å². The van der Waals surface area contributed by atoms with E-state index in [2.05, 4.69) is 29.2 Å². The smallest absolute Gasteiger partial charge is 0.255 e. The van der Waals surface area contributed by atoms with E-state index < -0.39 is 0 Å². The van der Waals surface area contributed by atoms with E-state index >= 15 is 0 Å². The van der Waals surface area contributed by atoms with Crippen molar-refractivity contribution in [3.8, 4) is 11.5 Å². The lowest BCUT2D eigenvalue weighted by Crippen LogP contribution is -2.30. The Hall–Kier alpha value is -3.01. The van der Waals surface area contributed by atoms with Gasteiger partial charge in [-0.25, -0.2) is 14.6 Å². The van der Waals surface area contributed by atoms with Gasteiger partial charge in [0.1, 0.15) is 17.3 Å². The van der Waals surface area contributed by atoms with Gasteiger partial charge in [-0.15, -0.1) is 0 Å². The van der Waals surface area contributed by atoms with Crippen molar-refractivity contribution < 1.29 is 14.3 Å². The third-order valence-corrected chi connectivity index (χ3v) is 6.58. The van der Waals surface area contributed by atoms with Gasteiger partial charge in [0.2, 0.25) is 0 Å². The number of hydrogen-bond acceptors (Lipinski definition) is 8. The third-order valence-electron chi connectivity index (χ3n) is 5.71. The van der Waals surface area contributed by atoms with Gasteiger partial charge in [0.05, 0.1) is 37.9 Å². The summed E-state index contributed by atoms with van der Waals surface area (Å²) in [6, 6.07) is 5.14. The van der Waals surface area contributed by atoms with Crippen molar-refractivity contribution in [3.63, 3.8) is 0 Å². The van der Waals surface area contributed by atoms with Gasteiger partial charge in [-0.2, -0.15) is 5.10 Å². The number of ether oxygens (including phenoxy) is 2. The second-order valence-electron chi connectivity index (χ2n) is 8.47. The van der Waals surface area contributed by atoms with Gasteiger partial charge in [-0.3, -0.25) is 4.79 Å². The van der Waals surface area contributed by atoms with Crippen LogP contribution >= 0.6 is 11.8 Å². The Bertz CT molecular complexity index is 1140. The molecule has 1 fully saturated rings. The number of nitrogens with one attached hydrogen (secondary N) is 1. The second-order valence-corrected chi connectivity index (χ2v) is 10.0. The molecule has 182 valence electrons. The van der Waals surface area contributed by atoms with Gasteiger partial charge in [0.15, 0.2) is 10.8 Å². The SMILES string of the molecule is COc1ccc(C(=O)NCCn2ncc3c(N4CCCCC4)nc(SC(C)C)nc32)c(OC)c1. The molecule has 1 amide bonds. The molecule has 0 saturated carbocycles. The van der Waals surface area contributed by atoms with E-state index in [1.165, 1.54) is 26.4 Å². The molecule has 1 N–H and O–H groups in total. The maximum Gasteiger partial charge on any atom is 0.255 e. The first kappa shape index (κ1) is 24.1. The Balaban J connectivity index is 1.52. The Labute approximate surface area is 204 Å². The predicted molar refractivity (Wildman–Crippen MR) is 134 cm³/mol. The Morgan fingerprint density at radius 3 is 2.65 bits per heavy atom. The lowest BCUT2D eigenvalue weighted by Gasteiger charge is -2.28. The molecule has 3 aromatic rings. The largest absolute Gasteiger partial charge is 0.497 e. The zero-order chi connectivity index (χ0) is 24.1. The molecular formula is C24H32N6O3S. The number of aromatic nitrogens is 4. The normalized spacial score (nSPS) is 14.0. The van der Waals surface area contributed by atoms with Gasteiger partial charge in [-0.1, -0.05) is 25.6 Å². The molecule has 1 aliphatic heterocycles. The minimum absolute atomic E-state index is 0.212. The van der Waals surface area contributed by atoms with Crippen LogP contribution in [0.1, 0.15) is 43.5 Å². The first-order valence-electron chi connectivity index (χ1n) is 11.7.